The third kappa shape index (κ3) is 3.18. The van der Waals surface area contributed by atoms with Crippen LogP contribution in [0.25, 0.3) is 0 Å². The molecule has 0 unspecified atom stereocenters. The molecule has 2 aromatic carbocycles. The average molecular weight is 269 g/mol. The minimum Gasteiger partial charge on any atom is -0.488 e. The molecule has 0 saturated heterocycles. The van der Waals surface area contributed by atoms with Crippen molar-refractivity contribution in [3.05, 3.63) is 64.7 Å². The van der Waals surface area contributed by atoms with Crippen molar-refractivity contribution in [3.63, 3.8) is 0 Å². The van der Waals surface area contributed by atoms with Gasteiger partial charge in [-0.15, -0.1) is 0 Å². The van der Waals surface area contributed by atoms with Crippen LogP contribution in [0, 0.1) is 13.8 Å². The number of hydrogen-bond donors (Lipinski definition) is 1. The largest absolute Gasteiger partial charge is 0.488 e. The minimum absolute atomic E-state index is 0.501. The molecule has 3 nitrogen and oxygen atoms in total. The molecule has 1 N–H and O–H groups in total. The Hall–Kier alpha value is -2.29. The van der Waals surface area contributed by atoms with E-state index in [4.69, 9.17) is 9.94 Å². The smallest absolute Gasteiger partial charge is 0.128 e. The summed E-state index contributed by atoms with van der Waals surface area (Å²) in [5.74, 6) is 0.731. The molecule has 0 aromatic heterocycles. The molecule has 0 radical (unpaired) electrons. The number of nitrogens with zero attached hydrogens (tertiary/aromatic N) is 1. The van der Waals surface area contributed by atoms with E-state index in [1.54, 1.807) is 6.92 Å². The van der Waals surface area contributed by atoms with E-state index in [-0.39, 0.29) is 0 Å². The quantitative estimate of drug-likeness (QED) is 0.516. The Morgan fingerprint density at radius 3 is 2.60 bits per heavy atom. The number of hydrogen-bond acceptors (Lipinski definition) is 3. The van der Waals surface area contributed by atoms with Gasteiger partial charge in [0.1, 0.15) is 12.4 Å². The third-order valence-corrected chi connectivity index (χ3v) is 3.32. The fourth-order valence-electron chi connectivity index (χ4n) is 2.03. The van der Waals surface area contributed by atoms with Crippen LogP contribution in [0.3, 0.4) is 0 Å². The van der Waals surface area contributed by atoms with Crippen molar-refractivity contribution < 1.29 is 9.94 Å². The molecule has 2 aromatic rings. The van der Waals surface area contributed by atoms with Crippen LogP contribution in [-0.4, -0.2) is 10.9 Å². The Labute approximate surface area is 119 Å². The Kier molecular flexibility index (Phi) is 4.41. The minimum atomic E-state index is 0.501. The fraction of sp³-hybridized carbons (Fsp3) is 0.235. The predicted molar refractivity (Wildman–Crippen MR) is 80.7 cm³/mol. The summed E-state index contributed by atoms with van der Waals surface area (Å²) in [4.78, 5) is 0. The van der Waals surface area contributed by atoms with Crippen LogP contribution >= 0.6 is 0 Å². The first-order chi connectivity index (χ1) is 9.61. The van der Waals surface area contributed by atoms with Crippen molar-refractivity contribution in [2.24, 2.45) is 5.16 Å². The van der Waals surface area contributed by atoms with Gasteiger partial charge in [0.2, 0.25) is 0 Å². The average Bonchev–Trinajstić information content (AvgIpc) is 2.46. The second-order valence-corrected chi connectivity index (χ2v) is 4.90. The lowest BCUT2D eigenvalue weighted by Gasteiger charge is -2.13. The molecule has 0 spiro atoms. The van der Waals surface area contributed by atoms with E-state index in [9.17, 15) is 0 Å². The maximum atomic E-state index is 8.97. The summed E-state index contributed by atoms with van der Waals surface area (Å²) >= 11 is 0. The molecule has 104 valence electrons. The molecule has 0 fully saturated rings. The van der Waals surface area contributed by atoms with E-state index < -0.39 is 0 Å². The van der Waals surface area contributed by atoms with E-state index in [1.807, 2.05) is 37.3 Å². The van der Waals surface area contributed by atoms with Gasteiger partial charge in [0.25, 0.3) is 0 Å². The third-order valence-electron chi connectivity index (χ3n) is 3.32. The lowest BCUT2D eigenvalue weighted by molar-refractivity contribution is 0.302. The van der Waals surface area contributed by atoms with Crippen molar-refractivity contribution in [2.75, 3.05) is 0 Å². The highest BCUT2D eigenvalue weighted by atomic mass is 16.5. The lowest BCUT2D eigenvalue weighted by Crippen LogP contribution is -2.04. The molecule has 0 heterocycles. The first-order valence-electron chi connectivity index (χ1n) is 6.59. The summed E-state index contributed by atoms with van der Waals surface area (Å²) in [5, 5.41) is 12.2. The van der Waals surface area contributed by atoms with E-state index in [0.717, 1.165) is 22.4 Å². The number of ether oxygens (including phenoxy) is 1. The Morgan fingerprint density at radius 1 is 1.15 bits per heavy atom. The summed E-state index contributed by atoms with van der Waals surface area (Å²) in [6, 6.07) is 14.0. The predicted octanol–water partition coefficient (Wildman–Crippen LogP) is 4.08. The molecule has 0 saturated carbocycles. The van der Waals surface area contributed by atoms with Gasteiger partial charge < -0.3 is 9.94 Å². The van der Waals surface area contributed by atoms with Gasteiger partial charge in [-0.2, -0.15) is 0 Å². The summed E-state index contributed by atoms with van der Waals surface area (Å²) in [6.45, 7) is 6.32. The molecule has 2 rings (SSSR count). The van der Waals surface area contributed by atoms with E-state index >= 15 is 0 Å². The summed E-state index contributed by atoms with van der Waals surface area (Å²) in [6.07, 6.45) is 0. The molecule has 0 aliphatic carbocycles. The number of oxime groups is 1. The second-order valence-electron chi connectivity index (χ2n) is 4.90. The van der Waals surface area contributed by atoms with Gasteiger partial charge in [0.15, 0.2) is 0 Å². The van der Waals surface area contributed by atoms with Crippen molar-refractivity contribution >= 4 is 5.71 Å². The van der Waals surface area contributed by atoms with Gasteiger partial charge in [0.05, 0.1) is 5.71 Å². The van der Waals surface area contributed by atoms with Gasteiger partial charge in [-0.3, -0.25) is 0 Å². The summed E-state index contributed by atoms with van der Waals surface area (Å²) < 4.78 is 5.89. The van der Waals surface area contributed by atoms with Crippen molar-refractivity contribution in [3.8, 4) is 5.75 Å². The van der Waals surface area contributed by atoms with Gasteiger partial charge in [-0.1, -0.05) is 41.1 Å². The highest BCUT2D eigenvalue weighted by Gasteiger charge is 2.08. The molecule has 0 atom stereocenters. The van der Waals surface area contributed by atoms with Gasteiger partial charge in [-0.05, 0) is 44.0 Å². The zero-order chi connectivity index (χ0) is 14.5. The lowest BCUT2D eigenvalue weighted by atomic mass is 10.1. The molecule has 0 aliphatic heterocycles. The molecule has 20 heavy (non-hydrogen) atoms. The molecular formula is C17H19NO2. The molecule has 0 aliphatic rings. The monoisotopic (exact) mass is 269 g/mol. The maximum absolute atomic E-state index is 8.97. The molecule has 3 heteroatoms. The Balaban J connectivity index is 2.24. The molecular weight excluding hydrogens is 250 g/mol. The van der Waals surface area contributed by atoms with E-state index in [1.165, 1.54) is 5.56 Å². The van der Waals surface area contributed by atoms with Crippen LogP contribution in [0.4, 0.5) is 0 Å². The van der Waals surface area contributed by atoms with Crippen LogP contribution in [0.1, 0.15) is 29.2 Å². The van der Waals surface area contributed by atoms with Crippen LogP contribution in [0.5, 0.6) is 5.75 Å². The van der Waals surface area contributed by atoms with E-state index in [0.29, 0.717) is 12.3 Å². The highest BCUT2D eigenvalue weighted by Crippen LogP contribution is 2.22. The number of aryl methyl sites for hydroxylation is 2. The fourth-order valence-corrected chi connectivity index (χ4v) is 2.03. The molecule has 0 amide bonds. The van der Waals surface area contributed by atoms with Gasteiger partial charge >= 0.3 is 0 Å². The van der Waals surface area contributed by atoms with Crippen LogP contribution in [-0.2, 0) is 6.61 Å². The topological polar surface area (TPSA) is 41.8 Å². The maximum Gasteiger partial charge on any atom is 0.128 e. The van der Waals surface area contributed by atoms with Crippen molar-refractivity contribution in [1.82, 2.24) is 0 Å². The Morgan fingerprint density at radius 2 is 1.90 bits per heavy atom. The summed E-state index contributed by atoms with van der Waals surface area (Å²) in [5.41, 5.74) is 4.83. The van der Waals surface area contributed by atoms with Crippen molar-refractivity contribution in [2.45, 2.75) is 27.4 Å². The number of rotatable bonds is 4. The standard InChI is InChI=1S/C17H19NO2/c1-12-8-9-17(16(10-12)14(3)18-19)20-11-15-7-5-4-6-13(15)2/h4-10,19H,11H2,1-3H3/b18-14+. The zero-order valence-corrected chi connectivity index (χ0v) is 12.1. The van der Waals surface area contributed by atoms with Crippen molar-refractivity contribution in [1.29, 1.82) is 0 Å². The van der Waals surface area contributed by atoms with Gasteiger partial charge in [-0.25, -0.2) is 0 Å². The van der Waals surface area contributed by atoms with Gasteiger partial charge in [0, 0.05) is 5.56 Å². The molecule has 0 bridgehead atoms. The summed E-state index contributed by atoms with van der Waals surface area (Å²) in [7, 11) is 0. The second kappa shape index (κ2) is 6.24. The van der Waals surface area contributed by atoms with E-state index in [2.05, 4.69) is 24.2 Å². The van der Waals surface area contributed by atoms with Crippen LogP contribution < -0.4 is 4.74 Å². The van der Waals surface area contributed by atoms with Crippen LogP contribution in [0.2, 0.25) is 0 Å². The van der Waals surface area contributed by atoms with Crippen LogP contribution in [0.15, 0.2) is 47.6 Å². The Bertz CT molecular complexity index is 633. The first kappa shape index (κ1) is 14.1. The zero-order valence-electron chi connectivity index (χ0n) is 12.1. The first-order valence-corrected chi connectivity index (χ1v) is 6.59. The number of benzene rings is 2. The highest BCUT2D eigenvalue weighted by molar-refractivity contribution is 6.00. The SMILES string of the molecule is C/C(=N\O)c1cc(C)ccc1OCc1ccccc1C. The normalized spacial score (nSPS) is 11.4.